The molecule has 0 aliphatic carbocycles. The minimum Gasteiger partial charge on any atom is -0.348 e. The van der Waals surface area contributed by atoms with Gasteiger partial charge in [0, 0.05) is 18.5 Å². The van der Waals surface area contributed by atoms with Gasteiger partial charge in [-0.2, -0.15) is 0 Å². The van der Waals surface area contributed by atoms with Crippen LogP contribution in [0.4, 0.5) is 5.13 Å². The van der Waals surface area contributed by atoms with Crippen molar-refractivity contribution in [3.63, 3.8) is 0 Å². The second-order valence-electron chi connectivity index (χ2n) is 3.92. The Morgan fingerprint density at radius 1 is 1.40 bits per heavy atom. The van der Waals surface area contributed by atoms with Crippen molar-refractivity contribution in [3.05, 3.63) is 11.1 Å². The molecule has 15 heavy (non-hydrogen) atoms. The van der Waals surface area contributed by atoms with Crippen LogP contribution in [-0.2, 0) is 9.47 Å². The maximum Gasteiger partial charge on any atom is 0.207 e. The third kappa shape index (κ3) is 1.75. The average Bonchev–Trinajstić information content (AvgIpc) is 2.83. The van der Waals surface area contributed by atoms with Crippen molar-refractivity contribution in [2.24, 2.45) is 0 Å². The van der Waals surface area contributed by atoms with Crippen LogP contribution in [0.3, 0.4) is 0 Å². The molecule has 82 valence electrons. The Morgan fingerprint density at radius 3 is 2.80 bits per heavy atom. The van der Waals surface area contributed by atoms with Gasteiger partial charge in [0.15, 0.2) is 11.4 Å². The Hall–Kier alpha value is -0.650. The molecular formula is C10H14N2O2S. The fourth-order valence-electron chi connectivity index (χ4n) is 1.94. The van der Waals surface area contributed by atoms with Crippen molar-refractivity contribution in [1.29, 1.82) is 0 Å². The third-order valence-electron chi connectivity index (χ3n) is 2.76. The SMILES string of the molecule is CC1OC(c2csc(N3CCCC3)n2)O1. The summed E-state index contributed by atoms with van der Waals surface area (Å²) in [5.74, 6) is 0. The van der Waals surface area contributed by atoms with Gasteiger partial charge in [-0.25, -0.2) is 4.98 Å². The van der Waals surface area contributed by atoms with Crippen LogP contribution < -0.4 is 4.90 Å². The molecule has 3 heterocycles. The summed E-state index contributed by atoms with van der Waals surface area (Å²) in [5.41, 5.74) is 0.917. The zero-order valence-electron chi connectivity index (χ0n) is 8.68. The van der Waals surface area contributed by atoms with E-state index in [4.69, 9.17) is 9.47 Å². The second kappa shape index (κ2) is 3.73. The lowest BCUT2D eigenvalue weighted by Gasteiger charge is -2.32. The van der Waals surface area contributed by atoms with Crippen LogP contribution >= 0.6 is 11.3 Å². The molecular weight excluding hydrogens is 212 g/mol. The van der Waals surface area contributed by atoms with Gasteiger partial charge in [-0.3, -0.25) is 0 Å². The molecule has 0 saturated carbocycles. The van der Waals surface area contributed by atoms with Crippen LogP contribution in [0, 0.1) is 0 Å². The Kier molecular flexibility index (Phi) is 2.38. The number of aromatic nitrogens is 1. The summed E-state index contributed by atoms with van der Waals surface area (Å²) in [5, 5.41) is 3.14. The van der Waals surface area contributed by atoms with Gasteiger partial charge in [-0.15, -0.1) is 11.3 Å². The molecule has 3 rings (SSSR count). The topological polar surface area (TPSA) is 34.6 Å². The Labute approximate surface area is 92.8 Å². The van der Waals surface area contributed by atoms with Gasteiger partial charge in [-0.1, -0.05) is 0 Å². The summed E-state index contributed by atoms with van der Waals surface area (Å²) in [6, 6.07) is 0. The molecule has 2 aliphatic rings. The molecule has 0 amide bonds. The van der Waals surface area contributed by atoms with E-state index in [0.717, 1.165) is 23.9 Å². The molecule has 2 saturated heterocycles. The first-order valence-electron chi connectivity index (χ1n) is 5.34. The van der Waals surface area contributed by atoms with Crippen LogP contribution in [0.2, 0.25) is 0 Å². The highest BCUT2D eigenvalue weighted by atomic mass is 32.1. The smallest absolute Gasteiger partial charge is 0.207 e. The molecule has 0 spiro atoms. The van der Waals surface area contributed by atoms with E-state index >= 15 is 0 Å². The third-order valence-corrected chi connectivity index (χ3v) is 3.68. The van der Waals surface area contributed by atoms with E-state index in [1.54, 1.807) is 11.3 Å². The molecule has 0 atom stereocenters. The van der Waals surface area contributed by atoms with Crippen LogP contribution in [0.1, 0.15) is 31.7 Å². The summed E-state index contributed by atoms with van der Waals surface area (Å²) in [4.78, 5) is 6.87. The highest BCUT2D eigenvalue weighted by Gasteiger charge is 2.31. The van der Waals surface area contributed by atoms with Crippen molar-refractivity contribution in [2.45, 2.75) is 32.3 Å². The summed E-state index contributed by atoms with van der Waals surface area (Å²) < 4.78 is 10.8. The van der Waals surface area contributed by atoms with E-state index in [-0.39, 0.29) is 12.6 Å². The van der Waals surface area contributed by atoms with Gasteiger partial charge in [-0.05, 0) is 19.8 Å². The first-order chi connectivity index (χ1) is 7.33. The normalized spacial score (nSPS) is 30.6. The lowest BCUT2D eigenvalue weighted by molar-refractivity contribution is -0.383. The largest absolute Gasteiger partial charge is 0.348 e. The van der Waals surface area contributed by atoms with E-state index in [1.807, 2.05) is 12.3 Å². The molecule has 0 aromatic carbocycles. The minimum absolute atomic E-state index is 0.0769. The summed E-state index contributed by atoms with van der Waals surface area (Å²) in [6.07, 6.45) is 2.25. The van der Waals surface area contributed by atoms with E-state index in [1.165, 1.54) is 12.8 Å². The van der Waals surface area contributed by atoms with E-state index < -0.39 is 0 Å². The highest BCUT2D eigenvalue weighted by Crippen LogP contribution is 2.34. The van der Waals surface area contributed by atoms with Gasteiger partial charge >= 0.3 is 0 Å². The van der Waals surface area contributed by atoms with E-state index in [9.17, 15) is 0 Å². The zero-order chi connectivity index (χ0) is 10.3. The molecule has 1 aromatic rings. The number of anilines is 1. The Bertz CT molecular complexity index is 343. The standard InChI is InChI=1S/C10H14N2O2S/c1-7-13-9(14-7)8-6-15-10(11-8)12-4-2-3-5-12/h6-7,9H,2-5H2,1H3. The number of nitrogens with zero attached hydrogens (tertiary/aromatic N) is 2. The molecule has 0 radical (unpaired) electrons. The van der Waals surface area contributed by atoms with Gasteiger partial charge in [0.2, 0.25) is 6.29 Å². The number of ether oxygens (including phenoxy) is 2. The van der Waals surface area contributed by atoms with Crippen molar-refractivity contribution in [3.8, 4) is 0 Å². The van der Waals surface area contributed by atoms with Crippen LogP contribution in [0.15, 0.2) is 5.38 Å². The molecule has 0 bridgehead atoms. The highest BCUT2D eigenvalue weighted by molar-refractivity contribution is 7.13. The summed E-state index contributed by atoms with van der Waals surface area (Å²) >= 11 is 1.68. The quantitative estimate of drug-likeness (QED) is 0.773. The lowest BCUT2D eigenvalue weighted by Crippen LogP contribution is -2.31. The number of rotatable bonds is 2. The van der Waals surface area contributed by atoms with Crippen molar-refractivity contribution >= 4 is 16.5 Å². The molecule has 1 aromatic heterocycles. The number of thiazole rings is 1. The molecule has 0 N–H and O–H groups in total. The minimum atomic E-state index is -0.229. The number of hydrogen-bond acceptors (Lipinski definition) is 5. The monoisotopic (exact) mass is 226 g/mol. The van der Waals surface area contributed by atoms with Crippen LogP contribution in [0.25, 0.3) is 0 Å². The first-order valence-corrected chi connectivity index (χ1v) is 6.22. The zero-order valence-corrected chi connectivity index (χ0v) is 9.50. The molecule has 5 heteroatoms. The van der Waals surface area contributed by atoms with Crippen molar-refractivity contribution < 1.29 is 9.47 Å². The maximum absolute atomic E-state index is 5.40. The molecule has 2 fully saturated rings. The number of hydrogen-bond donors (Lipinski definition) is 0. The predicted molar refractivity (Wildman–Crippen MR) is 57.9 cm³/mol. The van der Waals surface area contributed by atoms with Crippen molar-refractivity contribution in [2.75, 3.05) is 18.0 Å². The summed E-state index contributed by atoms with van der Waals surface area (Å²) in [6.45, 7) is 4.16. The van der Waals surface area contributed by atoms with Gasteiger partial charge in [0.25, 0.3) is 0 Å². The molecule has 0 unspecified atom stereocenters. The molecule has 2 aliphatic heterocycles. The molecule has 4 nitrogen and oxygen atoms in total. The van der Waals surface area contributed by atoms with Gasteiger partial charge in [0.1, 0.15) is 5.69 Å². The lowest BCUT2D eigenvalue weighted by atomic mass is 10.4. The Balaban J connectivity index is 1.70. The fourth-order valence-corrected chi connectivity index (χ4v) is 2.82. The van der Waals surface area contributed by atoms with Gasteiger partial charge in [0.05, 0.1) is 0 Å². The van der Waals surface area contributed by atoms with Crippen molar-refractivity contribution in [1.82, 2.24) is 4.98 Å². The van der Waals surface area contributed by atoms with E-state index in [2.05, 4.69) is 9.88 Å². The van der Waals surface area contributed by atoms with Crippen LogP contribution in [-0.4, -0.2) is 24.4 Å². The second-order valence-corrected chi connectivity index (χ2v) is 4.76. The van der Waals surface area contributed by atoms with Crippen LogP contribution in [0.5, 0.6) is 0 Å². The fraction of sp³-hybridized carbons (Fsp3) is 0.700. The average molecular weight is 226 g/mol. The Morgan fingerprint density at radius 2 is 2.13 bits per heavy atom. The van der Waals surface area contributed by atoms with Gasteiger partial charge < -0.3 is 14.4 Å². The first kappa shape index (κ1) is 9.57. The van der Waals surface area contributed by atoms with E-state index in [0.29, 0.717) is 0 Å². The summed E-state index contributed by atoms with van der Waals surface area (Å²) in [7, 11) is 0. The predicted octanol–water partition coefficient (Wildman–Crippen LogP) is 2.13. The maximum atomic E-state index is 5.40.